The Morgan fingerprint density at radius 1 is 0.923 bits per heavy atom. The molecule has 1 aromatic rings. The Labute approximate surface area is 154 Å². The summed E-state index contributed by atoms with van der Waals surface area (Å²) in [5.41, 5.74) is 1.30. The van der Waals surface area contributed by atoms with Crippen LogP contribution in [0.3, 0.4) is 0 Å². The van der Waals surface area contributed by atoms with Gasteiger partial charge in [0.15, 0.2) is 0 Å². The molecule has 0 radical (unpaired) electrons. The quantitative estimate of drug-likeness (QED) is 0.766. The first kappa shape index (κ1) is 14.2. The average Bonchev–Trinajstić information content (AvgIpc) is 3.35. The fourth-order valence-corrected chi connectivity index (χ4v) is 12.0. The minimum absolute atomic E-state index is 0.226. The van der Waals surface area contributed by atoms with Crippen LogP contribution in [0.4, 0.5) is 0 Å². The van der Waals surface area contributed by atoms with E-state index in [1.807, 2.05) is 19.1 Å². The molecule has 136 valence electrons. The topological polar surface area (TPSA) is 43.4 Å². The molecule has 12 atom stereocenters. The van der Waals surface area contributed by atoms with Gasteiger partial charge < -0.3 is 0 Å². The molecule has 1 aromatic carbocycles. The lowest BCUT2D eigenvalue weighted by Gasteiger charge is -2.39. The Morgan fingerprint density at radius 3 is 2.35 bits per heavy atom. The van der Waals surface area contributed by atoms with E-state index in [-0.39, 0.29) is 5.41 Å². The molecule has 8 aliphatic carbocycles. The summed E-state index contributed by atoms with van der Waals surface area (Å²) in [5.74, 6) is 10.2. The second-order valence-electron chi connectivity index (χ2n) is 10.6. The molecule has 0 aliphatic heterocycles. The van der Waals surface area contributed by atoms with Gasteiger partial charge in [0.25, 0.3) is 10.1 Å². The van der Waals surface area contributed by atoms with Gasteiger partial charge in [-0.05, 0) is 97.0 Å². The van der Waals surface area contributed by atoms with Gasteiger partial charge in [-0.2, -0.15) is 8.42 Å². The molecule has 9 rings (SSSR count). The van der Waals surface area contributed by atoms with Crippen molar-refractivity contribution in [3.63, 3.8) is 0 Å². The highest BCUT2D eigenvalue weighted by atomic mass is 32.2. The van der Waals surface area contributed by atoms with Crippen molar-refractivity contribution in [1.82, 2.24) is 0 Å². The highest BCUT2D eigenvalue weighted by molar-refractivity contribution is 7.86. The summed E-state index contributed by atoms with van der Waals surface area (Å²) in [7, 11) is -3.64. The van der Waals surface area contributed by atoms with E-state index < -0.39 is 10.1 Å². The average molecular weight is 368 g/mol. The van der Waals surface area contributed by atoms with Crippen LogP contribution >= 0.6 is 0 Å². The van der Waals surface area contributed by atoms with Crippen molar-refractivity contribution >= 4 is 10.1 Å². The summed E-state index contributed by atoms with van der Waals surface area (Å²) in [6, 6.07) is 7.11. The summed E-state index contributed by atoms with van der Waals surface area (Å²) in [6.45, 7) is 2.46. The van der Waals surface area contributed by atoms with Gasteiger partial charge in [0.05, 0.1) is 11.5 Å². The van der Waals surface area contributed by atoms with Crippen molar-refractivity contribution in [2.75, 3.05) is 6.61 Å². The molecule has 0 amide bonds. The fourth-order valence-electron chi connectivity index (χ4n) is 11.1. The number of hydrogen-bond donors (Lipinski definition) is 0. The Bertz CT molecular complexity index is 956. The van der Waals surface area contributed by atoms with Crippen LogP contribution in [0.25, 0.3) is 0 Å². The van der Waals surface area contributed by atoms with Crippen LogP contribution in [0.15, 0.2) is 29.2 Å². The first-order valence-corrected chi connectivity index (χ1v) is 11.9. The third-order valence-corrected chi connectivity index (χ3v) is 12.0. The SMILES string of the molecule is Cc1ccc(S(=O)(=O)OC[C@]23[C@H]4[C@H]5C[C@@H]2[C@@H]2[C@H]5[C@H]5[C@@H]6C[C@H]([C@H]54)[C@H]3[C@@H]62)cc1. The van der Waals surface area contributed by atoms with E-state index in [2.05, 4.69) is 0 Å². The molecule has 0 spiro atoms. The highest BCUT2D eigenvalue weighted by Crippen LogP contribution is 2.96. The van der Waals surface area contributed by atoms with Crippen molar-refractivity contribution < 1.29 is 12.6 Å². The van der Waals surface area contributed by atoms with Gasteiger partial charge in [-0.25, -0.2) is 0 Å². The van der Waals surface area contributed by atoms with Gasteiger partial charge in [-0.15, -0.1) is 0 Å². The molecule has 26 heavy (non-hydrogen) atoms. The molecule has 8 aliphatic rings. The van der Waals surface area contributed by atoms with E-state index in [0.29, 0.717) is 11.5 Å². The normalized spacial score (nSPS) is 60.6. The van der Waals surface area contributed by atoms with E-state index in [1.54, 1.807) is 12.1 Å². The summed E-state index contributed by atoms with van der Waals surface area (Å²) in [5, 5.41) is 0. The summed E-state index contributed by atoms with van der Waals surface area (Å²) >= 11 is 0. The van der Waals surface area contributed by atoms with Crippen molar-refractivity contribution in [2.24, 2.45) is 70.5 Å². The molecular formula is C22H24O3S. The number of hydrogen-bond acceptors (Lipinski definition) is 3. The van der Waals surface area contributed by atoms with Gasteiger partial charge >= 0.3 is 0 Å². The van der Waals surface area contributed by atoms with Crippen molar-refractivity contribution in [2.45, 2.75) is 24.7 Å². The molecule has 3 nitrogen and oxygen atoms in total. The van der Waals surface area contributed by atoms with Crippen LogP contribution in [0.2, 0.25) is 0 Å². The maximum Gasteiger partial charge on any atom is 0.296 e. The lowest BCUT2D eigenvalue weighted by atomic mass is 9.68. The molecule has 0 saturated heterocycles. The van der Waals surface area contributed by atoms with Crippen LogP contribution in [-0.2, 0) is 14.3 Å². The first-order chi connectivity index (χ1) is 12.5. The smallest absolute Gasteiger partial charge is 0.266 e. The number of aryl methyl sites for hydroxylation is 1. The lowest BCUT2D eigenvalue weighted by Crippen LogP contribution is -2.40. The van der Waals surface area contributed by atoms with E-state index in [0.717, 1.165) is 70.7 Å². The van der Waals surface area contributed by atoms with E-state index in [9.17, 15) is 8.42 Å². The fraction of sp³-hybridized carbons (Fsp3) is 0.727. The van der Waals surface area contributed by atoms with Crippen molar-refractivity contribution in [3.8, 4) is 0 Å². The first-order valence-electron chi connectivity index (χ1n) is 10.5. The van der Waals surface area contributed by atoms with Crippen LogP contribution in [0.1, 0.15) is 18.4 Å². The lowest BCUT2D eigenvalue weighted by molar-refractivity contribution is 0.0330. The third-order valence-electron chi connectivity index (χ3n) is 10.7. The van der Waals surface area contributed by atoms with Gasteiger partial charge in [-0.3, -0.25) is 4.18 Å². The zero-order chi connectivity index (χ0) is 17.2. The molecule has 4 bridgehead atoms. The van der Waals surface area contributed by atoms with Gasteiger partial charge in [-0.1, -0.05) is 17.7 Å². The highest BCUT2D eigenvalue weighted by Gasteiger charge is 2.93. The van der Waals surface area contributed by atoms with Crippen LogP contribution < -0.4 is 0 Å². The summed E-state index contributed by atoms with van der Waals surface area (Å²) < 4.78 is 31.6. The minimum Gasteiger partial charge on any atom is -0.266 e. The monoisotopic (exact) mass is 368 g/mol. The molecule has 8 saturated carbocycles. The van der Waals surface area contributed by atoms with E-state index in [4.69, 9.17) is 4.18 Å². The van der Waals surface area contributed by atoms with Gasteiger partial charge in [0.2, 0.25) is 0 Å². The zero-order valence-corrected chi connectivity index (χ0v) is 15.7. The predicted molar refractivity (Wildman–Crippen MR) is 94.4 cm³/mol. The van der Waals surface area contributed by atoms with Crippen molar-refractivity contribution in [1.29, 1.82) is 0 Å². The van der Waals surface area contributed by atoms with E-state index in [1.165, 1.54) is 12.8 Å². The Kier molecular flexibility index (Phi) is 2.08. The summed E-state index contributed by atoms with van der Waals surface area (Å²) in [4.78, 5) is 0.322. The number of rotatable bonds is 4. The van der Waals surface area contributed by atoms with Crippen molar-refractivity contribution in [3.05, 3.63) is 29.8 Å². The Hall–Kier alpha value is -0.870. The minimum atomic E-state index is -3.64. The Balaban J connectivity index is 1.20. The molecule has 0 aromatic heterocycles. The molecule has 0 N–H and O–H groups in total. The van der Waals surface area contributed by atoms with Gasteiger partial charge in [0, 0.05) is 5.41 Å². The number of benzene rings is 1. The van der Waals surface area contributed by atoms with Crippen LogP contribution in [0, 0.1) is 77.4 Å². The molecule has 8 fully saturated rings. The second-order valence-corrected chi connectivity index (χ2v) is 12.3. The second kappa shape index (κ2) is 3.82. The largest absolute Gasteiger partial charge is 0.296 e. The molecular weight excluding hydrogens is 344 g/mol. The predicted octanol–water partition coefficient (Wildman–Crippen LogP) is 3.34. The molecule has 4 heteroatoms. The van der Waals surface area contributed by atoms with Gasteiger partial charge in [0.1, 0.15) is 0 Å². The standard InChI is InChI=1S/C22H24O3S/c1-9-2-4-10(5-3-9)26(23,24)25-8-22-14-7-13-16-15-11-6-12(18(15)21(13)22)20(22)17(11)19(14)16/h2-5,11-21H,6-8H2,1H3/t11-,12+,13-,14+,15+,16+,17-,18+,19+,20-,21-,22-/m0/s1. The maximum atomic E-state index is 12.9. The zero-order valence-electron chi connectivity index (χ0n) is 14.9. The summed E-state index contributed by atoms with van der Waals surface area (Å²) in [6.07, 6.45) is 2.87. The maximum absolute atomic E-state index is 12.9. The Morgan fingerprint density at radius 2 is 1.58 bits per heavy atom. The molecule has 0 unspecified atom stereocenters. The molecule has 0 heterocycles. The third kappa shape index (κ3) is 1.13. The van der Waals surface area contributed by atoms with E-state index >= 15 is 0 Å². The van der Waals surface area contributed by atoms with Crippen LogP contribution in [0.5, 0.6) is 0 Å². The van der Waals surface area contributed by atoms with Crippen LogP contribution in [-0.4, -0.2) is 15.0 Å².